The Kier molecular flexibility index (Phi) is 7.07. The van der Waals surface area contributed by atoms with Crippen molar-refractivity contribution in [3.8, 4) is 17.6 Å². The van der Waals surface area contributed by atoms with Gasteiger partial charge in [-0.05, 0) is 61.1 Å². The first-order valence-electron chi connectivity index (χ1n) is 11.8. The van der Waals surface area contributed by atoms with Crippen LogP contribution in [-0.2, 0) is 11.2 Å². The van der Waals surface area contributed by atoms with Crippen LogP contribution >= 0.6 is 23.2 Å². The number of urea groups is 1. The molecule has 5 rings (SSSR count). The molecule has 11 heteroatoms. The third-order valence-corrected chi connectivity index (χ3v) is 7.12. The van der Waals surface area contributed by atoms with Crippen molar-refractivity contribution in [2.24, 2.45) is 11.0 Å². The normalized spacial score (nSPS) is 18.2. The second-order valence-corrected chi connectivity index (χ2v) is 9.81. The molecule has 0 radical (unpaired) electrons. The Hall–Kier alpha value is -3.58. The number of hydrogen-bond acceptors (Lipinski definition) is 6. The van der Waals surface area contributed by atoms with E-state index in [2.05, 4.69) is 17.0 Å². The molecule has 1 N–H and O–H groups in total. The van der Waals surface area contributed by atoms with Crippen LogP contribution in [0.1, 0.15) is 28.8 Å². The number of nitrogens with zero attached hydrogens (tertiary/aromatic N) is 4. The second-order valence-electron chi connectivity index (χ2n) is 9.00. The number of allylic oxidation sites excluding steroid dienone is 1. The summed E-state index contributed by atoms with van der Waals surface area (Å²) in [7, 11) is 0. The maximum Gasteiger partial charge on any atom is 0.347 e. The quantitative estimate of drug-likeness (QED) is 0.566. The summed E-state index contributed by atoms with van der Waals surface area (Å²) in [6.45, 7) is 6.51. The number of amides is 3. The minimum Gasteiger partial charge on any atom is -0.454 e. The molecule has 3 heterocycles. The minimum atomic E-state index is -0.602. The maximum atomic E-state index is 13.1. The molecule has 0 atom stereocenters. The summed E-state index contributed by atoms with van der Waals surface area (Å²) < 4.78 is 11.4. The Morgan fingerprint density at radius 1 is 1.19 bits per heavy atom. The van der Waals surface area contributed by atoms with Crippen LogP contribution in [0.5, 0.6) is 11.5 Å². The Morgan fingerprint density at radius 2 is 1.92 bits per heavy atom. The third-order valence-electron chi connectivity index (χ3n) is 6.55. The van der Waals surface area contributed by atoms with Gasteiger partial charge in [0.25, 0.3) is 5.91 Å². The number of nitriles is 1. The number of nitrogens with one attached hydrogen (secondary N) is 1. The Morgan fingerprint density at radius 3 is 2.62 bits per heavy atom. The number of rotatable bonds is 5. The molecule has 2 aromatic carbocycles. The highest BCUT2D eigenvalue weighted by Gasteiger charge is 2.29. The van der Waals surface area contributed by atoms with E-state index in [-0.39, 0.29) is 38.8 Å². The molecule has 0 spiro atoms. The molecule has 3 aliphatic heterocycles. The van der Waals surface area contributed by atoms with E-state index < -0.39 is 6.03 Å². The Labute approximate surface area is 223 Å². The number of carbonyl (C=O) groups is 2. The zero-order chi connectivity index (χ0) is 26.1. The molecule has 3 aliphatic rings. The molecule has 37 heavy (non-hydrogen) atoms. The second kappa shape index (κ2) is 10.4. The van der Waals surface area contributed by atoms with Gasteiger partial charge < -0.3 is 19.7 Å². The first-order valence-corrected chi connectivity index (χ1v) is 12.6. The van der Waals surface area contributed by atoms with Gasteiger partial charge in [0.2, 0.25) is 0 Å². The lowest BCUT2D eigenvalue weighted by atomic mass is 9.95. The first-order chi connectivity index (χ1) is 17.8. The molecule has 0 aliphatic carbocycles. The van der Waals surface area contributed by atoms with Gasteiger partial charge in [-0.3, -0.25) is 4.79 Å². The highest BCUT2D eigenvalue weighted by Crippen LogP contribution is 2.41. The van der Waals surface area contributed by atoms with Gasteiger partial charge in [0, 0.05) is 31.9 Å². The highest BCUT2D eigenvalue weighted by molar-refractivity contribution is 6.37. The van der Waals surface area contributed by atoms with Crippen molar-refractivity contribution in [2.75, 3.05) is 31.3 Å². The summed E-state index contributed by atoms with van der Waals surface area (Å²) in [5.41, 5.74) is 1.89. The molecular formula is C26H23Cl2N5O4. The number of halogens is 2. The van der Waals surface area contributed by atoms with E-state index in [9.17, 15) is 14.9 Å². The van der Waals surface area contributed by atoms with Crippen LogP contribution in [0.4, 0.5) is 10.5 Å². The van der Waals surface area contributed by atoms with Crippen molar-refractivity contribution in [2.45, 2.75) is 19.3 Å². The van der Waals surface area contributed by atoms with Crippen LogP contribution in [0, 0.1) is 17.2 Å². The van der Waals surface area contributed by atoms with Gasteiger partial charge in [0.05, 0.1) is 21.4 Å². The molecule has 1 saturated heterocycles. The largest absolute Gasteiger partial charge is 0.454 e. The molecule has 2 aromatic rings. The molecule has 9 nitrogen and oxygen atoms in total. The van der Waals surface area contributed by atoms with Gasteiger partial charge in [0.1, 0.15) is 11.8 Å². The molecule has 190 valence electrons. The Balaban J connectivity index is 1.33. The van der Waals surface area contributed by atoms with Crippen LogP contribution in [0.3, 0.4) is 0 Å². The summed E-state index contributed by atoms with van der Waals surface area (Å²) in [6.07, 6.45) is 2.68. The third kappa shape index (κ3) is 5.14. The first kappa shape index (κ1) is 25.1. The van der Waals surface area contributed by atoms with Gasteiger partial charge in [-0.2, -0.15) is 15.4 Å². The molecule has 3 amide bonds. The number of carbonyl (C=O) groups excluding carboxylic acids is 2. The molecular weight excluding hydrogens is 517 g/mol. The molecule has 0 unspecified atom stereocenters. The van der Waals surface area contributed by atoms with Crippen LogP contribution in [0.2, 0.25) is 10.0 Å². The summed E-state index contributed by atoms with van der Waals surface area (Å²) in [4.78, 5) is 27.4. The van der Waals surface area contributed by atoms with E-state index in [1.807, 2.05) is 17.0 Å². The number of hydrogen-bond donors (Lipinski definition) is 1. The van der Waals surface area contributed by atoms with E-state index in [4.69, 9.17) is 32.7 Å². The highest BCUT2D eigenvalue weighted by atomic mass is 35.5. The average Bonchev–Trinajstić information content (AvgIpc) is 2.88. The SMILES string of the molecule is C=C1NC(=O)N(c2cc(Cl)c(Oc3ccc4c(c3)CCN(CC3CCOCC3)C4=O)c(Cl)c2)N=C1C#N. The minimum absolute atomic E-state index is 0.0273. The summed E-state index contributed by atoms with van der Waals surface area (Å²) in [5, 5.41) is 16.9. The number of benzene rings is 2. The lowest BCUT2D eigenvalue weighted by molar-refractivity contribution is 0.0449. The molecule has 0 aromatic heterocycles. The lowest BCUT2D eigenvalue weighted by Gasteiger charge is -2.33. The van der Waals surface area contributed by atoms with Crippen molar-refractivity contribution < 1.29 is 19.1 Å². The summed E-state index contributed by atoms with van der Waals surface area (Å²) in [6, 6.07) is 9.50. The van der Waals surface area contributed by atoms with Crippen LogP contribution < -0.4 is 15.1 Å². The predicted octanol–water partition coefficient (Wildman–Crippen LogP) is 5.13. The van der Waals surface area contributed by atoms with E-state index in [1.54, 1.807) is 12.1 Å². The van der Waals surface area contributed by atoms with Gasteiger partial charge in [-0.1, -0.05) is 29.8 Å². The average molecular weight is 540 g/mol. The van der Waals surface area contributed by atoms with Gasteiger partial charge in [-0.15, -0.1) is 0 Å². The van der Waals surface area contributed by atoms with Crippen molar-refractivity contribution >= 4 is 46.5 Å². The zero-order valence-electron chi connectivity index (χ0n) is 19.8. The van der Waals surface area contributed by atoms with E-state index in [1.165, 1.54) is 12.1 Å². The topological polar surface area (TPSA) is 107 Å². The van der Waals surface area contributed by atoms with Crippen LogP contribution in [0.15, 0.2) is 47.7 Å². The fourth-order valence-electron chi connectivity index (χ4n) is 4.59. The monoisotopic (exact) mass is 539 g/mol. The Bertz CT molecular complexity index is 1340. The summed E-state index contributed by atoms with van der Waals surface area (Å²) >= 11 is 12.9. The molecule has 0 saturated carbocycles. The smallest absolute Gasteiger partial charge is 0.347 e. The summed E-state index contributed by atoms with van der Waals surface area (Å²) in [5.74, 6) is 1.18. The number of fused-ring (bicyclic) bond motifs is 1. The number of anilines is 1. The number of ether oxygens (including phenoxy) is 2. The van der Waals surface area contributed by atoms with Crippen LogP contribution in [0.25, 0.3) is 0 Å². The molecule has 0 bridgehead atoms. The van der Waals surface area contributed by atoms with E-state index in [0.29, 0.717) is 23.8 Å². The lowest BCUT2D eigenvalue weighted by Crippen LogP contribution is -2.42. The van der Waals surface area contributed by atoms with Crippen LogP contribution in [-0.4, -0.2) is 48.9 Å². The predicted molar refractivity (Wildman–Crippen MR) is 139 cm³/mol. The van der Waals surface area contributed by atoms with Gasteiger partial charge in [-0.25, -0.2) is 4.79 Å². The standard InChI is InChI=1S/C26H23Cl2N5O4/c1-15-23(13-29)31-33(26(35)30-15)18-11-21(27)24(22(28)12-18)37-19-2-3-20-17(10-19)4-7-32(25(20)34)14-16-5-8-36-9-6-16/h2-3,10-12,16H,1,4-9,14H2,(H,30,35). The van der Waals surface area contributed by atoms with E-state index in [0.717, 1.165) is 49.6 Å². The number of hydrazone groups is 1. The van der Waals surface area contributed by atoms with Gasteiger partial charge in [0.15, 0.2) is 11.5 Å². The maximum absolute atomic E-state index is 13.1. The zero-order valence-corrected chi connectivity index (χ0v) is 21.3. The fraction of sp³-hybridized carbons (Fsp3) is 0.308. The fourth-order valence-corrected chi connectivity index (χ4v) is 5.14. The van der Waals surface area contributed by atoms with Gasteiger partial charge >= 0.3 is 6.03 Å². The molecule has 1 fully saturated rings. The van der Waals surface area contributed by atoms with Crippen molar-refractivity contribution in [3.05, 3.63) is 63.8 Å². The van der Waals surface area contributed by atoms with Crippen molar-refractivity contribution in [1.29, 1.82) is 5.26 Å². The van der Waals surface area contributed by atoms with Crippen molar-refractivity contribution in [1.82, 2.24) is 10.2 Å². The van der Waals surface area contributed by atoms with E-state index >= 15 is 0 Å². The van der Waals surface area contributed by atoms with Crippen molar-refractivity contribution in [3.63, 3.8) is 0 Å².